The highest BCUT2D eigenvalue weighted by molar-refractivity contribution is 6.31. The van der Waals surface area contributed by atoms with Crippen molar-refractivity contribution in [1.82, 2.24) is 9.61 Å². The van der Waals surface area contributed by atoms with Gasteiger partial charge in [-0.1, -0.05) is 11.6 Å². The van der Waals surface area contributed by atoms with E-state index in [0.29, 0.717) is 23.1 Å². The van der Waals surface area contributed by atoms with E-state index in [9.17, 15) is 4.79 Å². The summed E-state index contributed by atoms with van der Waals surface area (Å²) in [6.07, 6.45) is 5.54. The molecule has 0 atom stereocenters. The first-order valence-corrected chi connectivity index (χ1v) is 6.42. The first-order valence-electron chi connectivity index (χ1n) is 6.04. The lowest BCUT2D eigenvalue weighted by molar-refractivity contribution is 0.0524. The summed E-state index contributed by atoms with van der Waals surface area (Å²) in [7, 11) is 0. The first-order chi connectivity index (χ1) is 8.70. The summed E-state index contributed by atoms with van der Waals surface area (Å²) in [5.41, 5.74) is 2.50. The van der Waals surface area contributed by atoms with Crippen LogP contribution in [0, 0.1) is 0 Å². The van der Waals surface area contributed by atoms with E-state index < -0.39 is 0 Å². The van der Waals surface area contributed by atoms with Crippen molar-refractivity contribution < 1.29 is 9.53 Å². The Morgan fingerprint density at radius 3 is 3.06 bits per heavy atom. The number of hydrogen-bond donors (Lipinski definition) is 0. The molecule has 0 amide bonds. The number of hydrogen-bond acceptors (Lipinski definition) is 3. The van der Waals surface area contributed by atoms with Crippen molar-refractivity contribution in [2.75, 3.05) is 6.61 Å². The monoisotopic (exact) mass is 264 g/mol. The maximum atomic E-state index is 11.9. The quantitative estimate of drug-likeness (QED) is 0.801. The minimum atomic E-state index is -0.299. The van der Waals surface area contributed by atoms with Gasteiger partial charge >= 0.3 is 5.97 Å². The molecule has 0 aliphatic heterocycles. The molecule has 0 unspecified atom stereocenters. The van der Waals surface area contributed by atoms with Crippen LogP contribution in [0.4, 0.5) is 0 Å². The number of fused-ring (bicyclic) bond motifs is 1. The van der Waals surface area contributed by atoms with Gasteiger partial charge in [0.15, 0.2) is 0 Å². The van der Waals surface area contributed by atoms with Gasteiger partial charge in [0.05, 0.1) is 28.9 Å². The molecule has 18 heavy (non-hydrogen) atoms. The van der Waals surface area contributed by atoms with E-state index in [2.05, 4.69) is 5.10 Å². The van der Waals surface area contributed by atoms with Crippen LogP contribution < -0.4 is 0 Å². The SMILES string of the molecule is CCOC(=O)c1cnn2cc(Cl)cc2c1C1CC1. The molecule has 94 valence electrons. The molecular formula is C13H13ClN2O2. The highest BCUT2D eigenvalue weighted by Crippen LogP contribution is 2.44. The molecule has 1 aliphatic carbocycles. The zero-order valence-corrected chi connectivity index (χ0v) is 10.8. The summed E-state index contributed by atoms with van der Waals surface area (Å²) in [5, 5.41) is 4.84. The van der Waals surface area contributed by atoms with Crippen LogP contribution >= 0.6 is 11.6 Å². The van der Waals surface area contributed by atoms with E-state index in [4.69, 9.17) is 16.3 Å². The first kappa shape index (κ1) is 11.5. The van der Waals surface area contributed by atoms with Crippen LogP contribution in [0.3, 0.4) is 0 Å². The molecule has 0 N–H and O–H groups in total. The minimum absolute atomic E-state index is 0.299. The normalized spacial score (nSPS) is 15.0. The molecular weight excluding hydrogens is 252 g/mol. The second-order valence-electron chi connectivity index (χ2n) is 4.45. The van der Waals surface area contributed by atoms with E-state index in [1.54, 1.807) is 23.8 Å². The number of esters is 1. The fourth-order valence-corrected chi connectivity index (χ4v) is 2.41. The molecule has 0 aromatic carbocycles. The Kier molecular flexibility index (Phi) is 2.74. The average Bonchev–Trinajstić information content (AvgIpc) is 3.09. The van der Waals surface area contributed by atoms with Crippen LogP contribution in [0.2, 0.25) is 5.02 Å². The third kappa shape index (κ3) is 1.86. The molecule has 1 saturated carbocycles. The predicted molar refractivity (Wildman–Crippen MR) is 68.1 cm³/mol. The zero-order chi connectivity index (χ0) is 12.7. The second-order valence-corrected chi connectivity index (χ2v) is 4.89. The topological polar surface area (TPSA) is 43.6 Å². The number of aromatic nitrogens is 2. The van der Waals surface area contributed by atoms with Gasteiger partial charge in [0.25, 0.3) is 0 Å². The van der Waals surface area contributed by atoms with Crippen molar-refractivity contribution in [3.8, 4) is 0 Å². The molecule has 5 heteroatoms. The van der Waals surface area contributed by atoms with E-state index in [1.807, 2.05) is 6.07 Å². The van der Waals surface area contributed by atoms with Crippen LogP contribution in [-0.4, -0.2) is 22.2 Å². The van der Waals surface area contributed by atoms with Gasteiger partial charge in [-0.3, -0.25) is 0 Å². The molecule has 2 aromatic heterocycles. The summed E-state index contributed by atoms with van der Waals surface area (Å²) < 4.78 is 6.80. The summed E-state index contributed by atoms with van der Waals surface area (Å²) in [6.45, 7) is 2.17. The van der Waals surface area contributed by atoms with Crippen LogP contribution in [0.5, 0.6) is 0 Å². The molecule has 1 aliphatic rings. The van der Waals surface area contributed by atoms with Gasteiger partial charge in [0.2, 0.25) is 0 Å². The molecule has 4 nitrogen and oxygen atoms in total. The van der Waals surface area contributed by atoms with Gasteiger partial charge < -0.3 is 4.74 Å². The Bertz CT molecular complexity index is 617. The van der Waals surface area contributed by atoms with Gasteiger partial charge in [-0.05, 0) is 37.3 Å². The van der Waals surface area contributed by atoms with Crippen molar-refractivity contribution in [2.45, 2.75) is 25.7 Å². The number of carbonyl (C=O) groups is 1. The van der Waals surface area contributed by atoms with Crippen molar-refractivity contribution in [2.24, 2.45) is 0 Å². The van der Waals surface area contributed by atoms with E-state index in [1.165, 1.54) is 0 Å². The zero-order valence-electron chi connectivity index (χ0n) is 10.0. The number of halogens is 1. The van der Waals surface area contributed by atoms with Crippen molar-refractivity contribution in [1.29, 1.82) is 0 Å². The van der Waals surface area contributed by atoms with E-state index in [-0.39, 0.29) is 5.97 Å². The summed E-state index contributed by atoms with van der Waals surface area (Å²) in [6, 6.07) is 1.85. The lowest BCUT2D eigenvalue weighted by Gasteiger charge is -2.09. The number of ether oxygens (including phenoxy) is 1. The van der Waals surface area contributed by atoms with E-state index in [0.717, 1.165) is 23.9 Å². The maximum Gasteiger partial charge on any atom is 0.340 e. The Morgan fingerprint density at radius 2 is 2.39 bits per heavy atom. The van der Waals surface area contributed by atoms with Gasteiger partial charge in [-0.25, -0.2) is 9.31 Å². The third-order valence-corrected chi connectivity index (χ3v) is 3.33. The fraction of sp³-hybridized carbons (Fsp3) is 0.385. The lowest BCUT2D eigenvalue weighted by Crippen LogP contribution is -2.10. The largest absolute Gasteiger partial charge is 0.462 e. The molecule has 2 aromatic rings. The highest BCUT2D eigenvalue weighted by Gasteiger charge is 2.31. The number of rotatable bonds is 3. The van der Waals surface area contributed by atoms with Crippen molar-refractivity contribution in [3.05, 3.63) is 34.6 Å². The Balaban J connectivity index is 2.18. The standard InChI is InChI=1S/C13H13ClN2O2/c1-2-18-13(17)10-6-15-16-7-9(14)5-11(16)12(10)8-3-4-8/h5-8H,2-4H2,1H3. The van der Waals surface area contributed by atoms with Gasteiger partial charge in [0.1, 0.15) is 0 Å². The molecule has 3 rings (SSSR count). The van der Waals surface area contributed by atoms with Crippen LogP contribution in [0.15, 0.2) is 18.5 Å². The van der Waals surface area contributed by atoms with Gasteiger partial charge in [-0.15, -0.1) is 0 Å². The minimum Gasteiger partial charge on any atom is -0.462 e. The Hall–Kier alpha value is -1.55. The molecule has 2 heterocycles. The number of nitrogens with zero attached hydrogens (tertiary/aromatic N) is 2. The average molecular weight is 265 g/mol. The van der Waals surface area contributed by atoms with Gasteiger partial charge in [0, 0.05) is 6.20 Å². The summed E-state index contributed by atoms with van der Waals surface area (Å²) >= 11 is 6.00. The van der Waals surface area contributed by atoms with Crippen molar-refractivity contribution >= 4 is 23.1 Å². The van der Waals surface area contributed by atoms with E-state index >= 15 is 0 Å². The lowest BCUT2D eigenvalue weighted by atomic mass is 10.1. The smallest absolute Gasteiger partial charge is 0.340 e. The van der Waals surface area contributed by atoms with Crippen LogP contribution in [0.25, 0.3) is 5.52 Å². The molecule has 0 saturated heterocycles. The molecule has 1 fully saturated rings. The third-order valence-electron chi connectivity index (χ3n) is 3.13. The molecule has 0 spiro atoms. The Morgan fingerprint density at radius 1 is 1.61 bits per heavy atom. The van der Waals surface area contributed by atoms with Crippen molar-refractivity contribution in [3.63, 3.8) is 0 Å². The summed E-state index contributed by atoms with van der Waals surface area (Å²) in [5.74, 6) is 0.132. The molecule has 0 bridgehead atoms. The van der Waals surface area contributed by atoms with Gasteiger partial charge in [-0.2, -0.15) is 5.10 Å². The molecule has 0 radical (unpaired) electrons. The second kappa shape index (κ2) is 4.28. The van der Waals surface area contributed by atoms with Crippen LogP contribution in [-0.2, 0) is 4.74 Å². The Labute approximate surface area is 109 Å². The number of carbonyl (C=O) groups excluding carboxylic acids is 1. The van der Waals surface area contributed by atoms with Crippen LogP contribution in [0.1, 0.15) is 41.6 Å². The fourth-order valence-electron chi connectivity index (χ4n) is 2.22. The maximum absolute atomic E-state index is 11.9. The predicted octanol–water partition coefficient (Wildman–Crippen LogP) is 3.04. The highest BCUT2D eigenvalue weighted by atomic mass is 35.5. The summed E-state index contributed by atoms with van der Waals surface area (Å²) in [4.78, 5) is 11.9.